The van der Waals surface area contributed by atoms with Crippen molar-refractivity contribution in [2.24, 2.45) is 0 Å². The Hall–Kier alpha value is -1.17. The van der Waals surface area contributed by atoms with E-state index in [0.717, 1.165) is 44.8 Å². The molecule has 0 spiro atoms. The molecule has 2 fully saturated rings. The fourth-order valence-electron chi connectivity index (χ4n) is 3.54. The summed E-state index contributed by atoms with van der Waals surface area (Å²) in [6, 6.07) is 5.14. The highest BCUT2D eigenvalue weighted by atomic mass is 19.1. The molecule has 0 N–H and O–H groups in total. The van der Waals surface area contributed by atoms with Gasteiger partial charge in [-0.3, -0.25) is 4.90 Å². The Kier molecular flexibility index (Phi) is 5.86. The maximum atomic E-state index is 13.5. The standard InChI is InChI=1S/C18H27FN2O2/c1-22-18-11-15(5-6-17(18)19)12-21-9-4-10-23-16(14-21)13-20-7-2-3-8-20/h5-6,11,16H,2-4,7-10,12-14H2,1H3/t16-/m0/s1. The first kappa shape index (κ1) is 16.7. The molecule has 0 saturated carbocycles. The van der Waals surface area contributed by atoms with Crippen molar-refractivity contribution in [1.29, 1.82) is 0 Å². The fourth-order valence-corrected chi connectivity index (χ4v) is 3.54. The topological polar surface area (TPSA) is 24.9 Å². The lowest BCUT2D eigenvalue weighted by Gasteiger charge is -2.27. The number of benzene rings is 1. The summed E-state index contributed by atoms with van der Waals surface area (Å²) in [7, 11) is 1.51. The molecule has 128 valence electrons. The summed E-state index contributed by atoms with van der Waals surface area (Å²) in [6.45, 7) is 7.05. The molecule has 1 aromatic rings. The molecule has 3 rings (SSSR count). The van der Waals surface area contributed by atoms with Gasteiger partial charge in [0.05, 0.1) is 13.2 Å². The molecule has 4 nitrogen and oxygen atoms in total. The Bertz CT molecular complexity index is 506. The van der Waals surface area contributed by atoms with Gasteiger partial charge >= 0.3 is 0 Å². The van der Waals surface area contributed by atoms with Crippen LogP contribution in [0.5, 0.6) is 5.75 Å². The monoisotopic (exact) mass is 322 g/mol. The molecular weight excluding hydrogens is 295 g/mol. The molecule has 0 unspecified atom stereocenters. The minimum atomic E-state index is -0.303. The van der Waals surface area contributed by atoms with Crippen molar-refractivity contribution in [2.45, 2.75) is 31.9 Å². The first-order valence-electron chi connectivity index (χ1n) is 8.63. The van der Waals surface area contributed by atoms with Gasteiger partial charge in [0.1, 0.15) is 0 Å². The fraction of sp³-hybridized carbons (Fsp3) is 0.667. The molecule has 2 heterocycles. The second kappa shape index (κ2) is 8.08. The number of likely N-dealkylation sites (tertiary alicyclic amines) is 1. The Morgan fingerprint density at radius 3 is 2.74 bits per heavy atom. The zero-order valence-corrected chi connectivity index (χ0v) is 14.0. The number of halogens is 1. The van der Waals surface area contributed by atoms with Crippen LogP contribution in [0.15, 0.2) is 18.2 Å². The summed E-state index contributed by atoms with van der Waals surface area (Å²) in [4.78, 5) is 4.93. The first-order chi connectivity index (χ1) is 11.2. The van der Waals surface area contributed by atoms with Crippen molar-refractivity contribution in [3.8, 4) is 5.75 Å². The van der Waals surface area contributed by atoms with E-state index in [1.807, 2.05) is 6.07 Å². The number of methoxy groups -OCH3 is 1. The second-order valence-electron chi connectivity index (χ2n) is 6.56. The minimum absolute atomic E-state index is 0.276. The van der Waals surface area contributed by atoms with Gasteiger partial charge in [-0.2, -0.15) is 0 Å². The van der Waals surface area contributed by atoms with E-state index in [1.54, 1.807) is 6.07 Å². The molecule has 2 aliphatic heterocycles. The van der Waals surface area contributed by atoms with Gasteiger partial charge in [0.2, 0.25) is 0 Å². The molecule has 23 heavy (non-hydrogen) atoms. The molecule has 2 aliphatic rings. The molecule has 1 atom stereocenters. The van der Waals surface area contributed by atoms with Crippen molar-refractivity contribution >= 4 is 0 Å². The Balaban J connectivity index is 1.59. The van der Waals surface area contributed by atoms with Crippen LogP contribution in [0.25, 0.3) is 0 Å². The van der Waals surface area contributed by atoms with E-state index in [-0.39, 0.29) is 11.9 Å². The van der Waals surface area contributed by atoms with Crippen molar-refractivity contribution in [1.82, 2.24) is 9.80 Å². The average molecular weight is 322 g/mol. The number of rotatable bonds is 5. The van der Waals surface area contributed by atoms with Gasteiger partial charge in [0, 0.05) is 32.8 Å². The highest BCUT2D eigenvalue weighted by Crippen LogP contribution is 2.20. The smallest absolute Gasteiger partial charge is 0.165 e. The SMILES string of the molecule is COc1cc(CN2CCCO[C@@H](CN3CCCC3)C2)ccc1F. The van der Waals surface area contributed by atoms with E-state index in [0.29, 0.717) is 5.75 Å². The highest BCUT2D eigenvalue weighted by Gasteiger charge is 2.23. The van der Waals surface area contributed by atoms with Crippen molar-refractivity contribution in [3.63, 3.8) is 0 Å². The van der Waals surface area contributed by atoms with Crippen LogP contribution >= 0.6 is 0 Å². The molecule has 0 bridgehead atoms. The molecule has 0 aromatic heterocycles. The van der Waals surface area contributed by atoms with Crippen LogP contribution in [0.1, 0.15) is 24.8 Å². The quantitative estimate of drug-likeness (QED) is 0.832. The van der Waals surface area contributed by atoms with Gasteiger partial charge in [0.15, 0.2) is 11.6 Å². The average Bonchev–Trinajstić information content (AvgIpc) is 2.96. The van der Waals surface area contributed by atoms with E-state index in [1.165, 1.54) is 39.1 Å². The second-order valence-corrected chi connectivity index (χ2v) is 6.56. The van der Waals surface area contributed by atoms with E-state index >= 15 is 0 Å². The lowest BCUT2D eigenvalue weighted by atomic mass is 10.1. The Labute approximate surface area is 138 Å². The Morgan fingerprint density at radius 1 is 1.17 bits per heavy atom. The number of nitrogens with zero attached hydrogens (tertiary/aromatic N) is 2. The summed E-state index contributed by atoms with van der Waals surface area (Å²) in [5.41, 5.74) is 1.09. The van der Waals surface area contributed by atoms with Gasteiger partial charge in [-0.05, 0) is 50.0 Å². The van der Waals surface area contributed by atoms with E-state index in [9.17, 15) is 4.39 Å². The van der Waals surface area contributed by atoms with E-state index in [2.05, 4.69) is 9.80 Å². The third-order valence-corrected chi connectivity index (χ3v) is 4.72. The van der Waals surface area contributed by atoms with Crippen LogP contribution in [0, 0.1) is 5.82 Å². The van der Waals surface area contributed by atoms with Crippen LogP contribution in [-0.4, -0.2) is 62.3 Å². The maximum absolute atomic E-state index is 13.5. The normalized spacial score (nSPS) is 23.8. The van der Waals surface area contributed by atoms with Crippen LogP contribution in [0.2, 0.25) is 0 Å². The number of hydrogen-bond acceptors (Lipinski definition) is 4. The molecule has 1 aromatic carbocycles. The van der Waals surface area contributed by atoms with Crippen LogP contribution < -0.4 is 4.74 Å². The lowest BCUT2D eigenvalue weighted by Crippen LogP contribution is -2.39. The summed E-state index contributed by atoms with van der Waals surface area (Å²) < 4.78 is 24.7. The largest absolute Gasteiger partial charge is 0.494 e. The molecule has 0 aliphatic carbocycles. The number of ether oxygens (including phenoxy) is 2. The van der Waals surface area contributed by atoms with Gasteiger partial charge in [-0.1, -0.05) is 6.07 Å². The third kappa shape index (κ3) is 4.66. The molecule has 5 heteroatoms. The van der Waals surface area contributed by atoms with Gasteiger partial charge in [-0.15, -0.1) is 0 Å². The van der Waals surface area contributed by atoms with Crippen molar-refractivity contribution in [2.75, 3.05) is 46.4 Å². The summed E-state index contributed by atoms with van der Waals surface area (Å²) >= 11 is 0. The zero-order chi connectivity index (χ0) is 16.1. The minimum Gasteiger partial charge on any atom is -0.494 e. The third-order valence-electron chi connectivity index (χ3n) is 4.72. The molecule has 0 amide bonds. The summed E-state index contributed by atoms with van der Waals surface area (Å²) in [5.74, 6) is 0.0181. The molecule has 2 saturated heterocycles. The summed E-state index contributed by atoms with van der Waals surface area (Å²) in [5, 5.41) is 0. The van der Waals surface area contributed by atoms with Crippen molar-refractivity contribution in [3.05, 3.63) is 29.6 Å². The van der Waals surface area contributed by atoms with Gasteiger partial charge < -0.3 is 14.4 Å². The first-order valence-corrected chi connectivity index (χ1v) is 8.63. The molecular formula is C18H27FN2O2. The number of hydrogen-bond donors (Lipinski definition) is 0. The summed E-state index contributed by atoms with van der Waals surface area (Å²) in [6.07, 6.45) is 3.95. The van der Waals surface area contributed by atoms with E-state index < -0.39 is 0 Å². The van der Waals surface area contributed by atoms with Crippen LogP contribution in [0.4, 0.5) is 4.39 Å². The van der Waals surface area contributed by atoms with Gasteiger partial charge in [-0.25, -0.2) is 4.39 Å². The van der Waals surface area contributed by atoms with Gasteiger partial charge in [0.25, 0.3) is 0 Å². The van der Waals surface area contributed by atoms with Crippen LogP contribution in [0.3, 0.4) is 0 Å². The predicted molar refractivity (Wildman–Crippen MR) is 88.3 cm³/mol. The van der Waals surface area contributed by atoms with Crippen molar-refractivity contribution < 1.29 is 13.9 Å². The van der Waals surface area contributed by atoms with E-state index in [4.69, 9.17) is 9.47 Å². The molecule has 0 radical (unpaired) electrons. The van der Waals surface area contributed by atoms with Crippen LogP contribution in [-0.2, 0) is 11.3 Å². The lowest BCUT2D eigenvalue weighted by molar-refractivity contribution is 0.0308. The Morgan fingerprint density at radius 2 is 1.96 bits per heavy atom. The highest BCUT2D eigenvalue weighted by molar-refractivity contribution is 5.30. The zero-order valence-electron chi connectivity index (χ0n) is 14.0. The maximum Gasteiger partial charge on any atom is 0.165 e. The predicted octanol–water partition coefficient (Wildman–Crippen LogP) is 2.52.